The first-order valence-corrected chi connectivity index (χ1v) is 19.1. The van der Waals surface area contributed by atoms with Crippen molar-refractivity contribution in [2.24, 2.45) is 0 Å². The van der Waals surface area contributed by atoms with E-state index in [4.69, 9.17) is 19.4 Å². The maximum Gasteiger partial charge on any atom is 0.238 e. The summed E-state index contributed by atoms with van der Waals surface area (Å²) in [6.07, 6.45) is 0. The fourth-order valence-corrected chi connectivity index (χ4v) is 8.60. The van der Waals surface area contributed by atoms with Crippen LogP contribution in [0.1, 0.15) is 0 Å². The molecular formula is C51H31N5O. The van der Waals surface area contributed by atoms with Gasteiger partial charge in [-0.2, -0.15) is 9.97 Å². The summed E-state index contributed by atoms with van der Waals surface area (Å²) in [5.41, 5.74) is 10.9. The second kappa shape index (κ2) is 12.3. The van der Waals surface area contributed by atoms with Gasteiger partial charge in [0.1, 0.15) is 5.58 Å². The van der Waals surface area contributed by atoms with Crippen LogP contribution in [0, 0.1) is 0 Å². The summed E-state index contributed by atoms with van der Waals surface area (Å²) in [5.74, 6) is 1.71. The number of benzene rings is 8. The van der Waals surface area contributed by atoms with E-state index in [1.165, 1.54) is 5.39 Å². The molecule has 0 bridgehead atoms. The van der Waals surface area contributed by atoms with Crippen LogP contribution in [0.2, 0.25) is 0 Å². The number of furan rings is 1. The second-order valence-electron chi connectivity index (χ2n) is 14.4. The van der Waals surface area contributed by atoms with Gasteiger partial charge in [-0.05, 0) is 65.7 Å². The van der Waals surface area contributed by atoms with Gasteiger partial charge in [0.2, 0.25) is 5.95 Å². The third-order valence-electron chi connectivity index (χ3n) is 11.2. The van der Waals surface area contributed by atoms with Gasteiger partial charge in [-0.3, -0.25) is 4.57 Å². The zero-order chi connectivity index (χ0) is 37.5. The lowest BCUT2D eigenvalue weighted by molar-refractivity contribution is 0.671. The van der Waals surface area contributed by atoms with Gasteiger partial charge < -0.3 is 8.98 Å². The predicted molar refractivity (Wildman–Crippen MR) is 232 cm³/mol. The summed E-state index contributed by atoms with van der Waals surface area (Å²) in [4.78, 5) is 15.6. The van der Waals surface area contributed by atoms with E-state index in [0.717, 1.165) is 88.1 Å². The summed E-state index contributed by atoms with van der Waals surface area (Å²) in [5, 5.41) is 6.72. The Balaban J connectivity index is 1.10. The molecule has 6 nitrogen and oxygen atoms in total. The lowest BCUT2D eigenvalue weighted by atomic mass is 10.0. The molecule has 0 saturated heterocycles. The zero-order valence-electron chi connectivity index (χ0n) is 30.5. The number of para-hydroxylation sites is 4. The van der Waals surface area contributed by atoms with Gasteiger partial charge in [0, 0.05) is 49.1 Å². The minimum absolute atomic E-state index is 0.552. The Morgan fingerprint density at radius 3 is 1.58 bits per heavy atom. The molecule has 0 aliphatic rings. The number of fused-ring (bicyclic) bond motifs is 10. The van der Waals surface area contributed by atoms with Crippen molar-refractivity contribution >= 4 is 65.6 Å². The number of hydrogen-bond donors (Lipinski definition) is 0. The minimum atomic E-state index is 0.552. The molecule has 0 fully saturated rings. The van der Waals surface area contributed by atoms with E-state index >= 15 is 0 Å². The van der Waals surface area contributed by atoms with Crippen LogP contribution >= 0.6 is 0 Å². The molecule has 12 rings (SSSR count). The van der Waals surface area contributed by atoms with Crippen LogP contribution in [0.4, 0.5) is 0 Å². The van der Waals surface area contributed by atoms with Crippen LogP contribution in [0.3, 0.4) is 0 Å². The summed E-state index contributed by atoms with van der Waals surface area (Å²) < 4.78 is 11.4. The van der Waals surface area contributed by atoms with E-state index in [-0.39, 0.29) is 0 Å². The third kappa shape index (κ3) is 4.87. The Kier molecular flexibility index (Phi) is 6.83. The van der Waals surface area contributed by atoms with Crippen LogP contribution in [-0.4, -0.2) is 24.1 Å². The van der Waals surface area contributed by atoms with Crippen molar-refractivity contribution in [2.75, 3.05) is 0 Å². The van der Waals surface area contributed by atoms with E-state index in [1.807, 2.05) is 6.07 Å². The topological polar surface area (TPSA) is 61.7 Å². The van der Waals surface area contributed by atoms with Crippen molar-refractivity contribution in [2.45, 2.75) is 0 Å². The third-order valence-corrected chi connectivity index (χ3v) is 11.2. The number of hydrogen-bond acceptors (Lipinski definition) is 4. The first-order chi connectivity index (χ1) is 28.3. The van der Waals surface area contributed by atoms with E-state index in [9.17, 15) is 0 Å². The Morgan fingerprint density at radius 1 is 0.351 bits per heavy atom. The summed E-state index contributed by atoms with van der Waals surface area (Å²) in [7, 11) is 0. The van der Waals surface area contributed by atoms with Crippen LogP contribution in [0.5, 0.6) is 0 Å². The molecule has 6 heteroatoms. The first-order valence-electron chi connectivity index (χ1n) is 19.1. The van der Waals surface area contributed by atoms with Gasteiger partial charge in [0.25, 0.3) is 0 Å². The molecular weight excluding hydrogens is 699 g/mol. The Hall–Kier alpha value is -7.83. The van der Waals surface area contributed by atoms with Gasteiger partial charge in [0.15, 0.2) is 17.2 Å². The van der Waals surface area contributed by atoms with Crippen molar-refractivity contribution in [3.8, 4) is 45.5 Å². The van der Waals surface area contributed by atoms with Crippen molar-refractivity contribution < 1.29 is 4.42 Å². The van der Waals surface area contributed by atoms with Gasteiger partial charge in [-0.15, -0.1) is 0 Å². The number of aromatic nitrogens is 5. The Bertz CT molecular complexity index is 3470. The molecule has 4 aromatic heterocycles. The second-order valence-corrected chi connectivity index (χ2v) is 14.4. The van der Waals surface area contributed by atoms with E-state index in [0.29, 0.717) is 17.6 Å². The summed E-state index contributed by atoms with van der Waals surface area (Å²) in [6, 6.07) is 65.5. The lowest BCUT2D eigenvalue weighted by Gasteiger charge is -2.11. The van der Waals surface area contributed by atoms with Crippen molar-refractivity contribution in [1.82, 2.24) is 24.1 Å². The quantitative estimate of drug-likeness (QED) is 0.177. The molecule has 4 heterocycles. The molecule has 8 aromatic carbocycles. The molecule has 0 radical (unpaired) electrons. The molecule has 266 valence electrons. The summed E-state index contributed by atoms with van der Waals surface area (Å²) >= 11 is 0. The average molecular weight is 730 g/mol. The number of rotatable bonds is 5. The molecule has 0 aliphatic carbocycles. The summed E-state index contributed by atoms with van der Waals surface area (Å²) in [6.45, 7) is 0. The fraction of sp³-hybridized carbons (Fsp3) is 0. The number of nitrogens with zero attached hydrogens (tertiary/aromatic N) is 5. The van der Waals surface area contributed by atoms with E-state index in [2.05, 4.69) is 191 Å². The van der Waals surface area contributed by atoms with Crippen LogP contribution < -0.4 is 0 Å². The fourth-order valence-electron chi connectivity index (χ4n) is 8.60. The molecule has 0 amide bonds. The largest absolute Gasteiger partial charge is 0.454 e. The van der Waals surface area contributed by atoms with Crippen molar-refractivity contribution in [3.63, 3.8) is 0 Å². The maximum atomic E-state index is 6.92. The standard InChI is InChI=1S/C51H31N5O/c1-3-14-32(15-4-1)33-16-13-17-34(30-33)49-52-50(54-51(53-49)56-44-24-11-7-20-37(44)38-21-8-12-25-45(38)56)35-26-27-40-42-29-28-41-39-22-9-10-23-43(39)55(36-18-5-2-6-19-36)47(41)48(42)57-46(40)31-35/h1-31H. The highest BCUT2D eigenvalue weighted by Crippen LogP contribution is 2.41. The van der Waals surface area contributed by atoms with Crippen molar-refractivity contribution in [3.05, 3.63) is 188 Å². The average Bonchev–Trinajstić information content (AvgIpc) is 3.94. The minimum Gasteiger partial charge on any atom is -0.454 e. The molecule has 12 aromatic rings. The van der Waals surface area contributed by atoms with Crippen LogP contribution in [0.25, 0.3) is 111 Å². The molecule has 0 saturated carbocycles. The van der Waals surface area contributed by atoms with Gasteiger partial charge in [-0.1, -0.05) is 133 Å². The van der Waals surface area contributed by atoms with Gasteiger partial charge in [0.05, 0.1) is 22.1 Å². The Morgan fingerprint density at radius 2 is 0.877 bits per heavy atom. The Labute approximate surface area is 326 Å². The van der Waals surface area contributed by atoms with Gasteiger partial charge in [-0.25, -0.2) is 4.98 Å². The maximum absolute atomic E-state index is 6.92. The molecule has 0 spiro atoms. The molecule has 0 N–H and O–H groups in total. The van der Waals surface area contributed by atoms with Crippen molar-refractivity contribution in [1.29, 1.82) is 0 Å². The SMILES string of the molecule is c1ccc(-c2cccc(-c3nc(-c4ccc5c(c4)oc4c5ccc5c6ccccc6n(-c6ccccc6)c54)nc(-n4c5ccccc5c5ccccc54)n3)c2)cc1. The normalized spacial score (nSPS) is 11.9. The van der Waals surface area contributed by atoms with E-state index in [1.54, 1.807) is 0 Å². The highest BCUT2D eigenvalue weighted by molar-refractivity contribution is 6.21. The highest BCUT2D eigenvalue weighted by atomic mass is 16.3. The smallest absolute Gasteiger partial charge is 0.238 e. The zero-order valence-corrected chi connectivity index (χ0v) is 30.5. The first kappa shape index (κ1) is 31.5. The lowest BCUT2D eigenvalue weighted by Crippen LogP contribution is -2.06. The van der Waals surface area contributed by atoms with Gasteiger partial charge >= 0.3 is 0 Å². The van der Waals surface area contributed by atoms with Crippen LogP contribution in [0.15, 0.2) is 192 Å². The molecule has 0 unspecified atom stereocenters. The molecule has 57 heavy (non-hydrogen) atoms. The van der Waals surface area contributed by atoms with Crippen LogP contribution in [-0.2, 0) is 0 Å². The molecule has 0 atom stereocenters. The predicted octanol–water partition coefficient (Wildman–Crippen LogP) is 13.0. The monoisotopic (exact) mass is 729 g/mol. The highest BCUT2D eigenvalue weighted by Gasteiger charge is 2.21. The molecule has 0 aliphatic heterocycles. The van der Waals surface area contributed by atoms with E-state index < -0.39 is 0 Å².